The molecule has 0 bridgehead atoms. The van der Waals surface area contributed by atoms with E-state index in [4.69, 9.17) is 9.84 Å². The minimum absolute atomic E-state index is 0.0916. The van der Waals surface area contributed by atoms with Gasteiger partial charge in [-0.1, -0.05) is 12.1 Å². The smallest absolute Gasteiger partial charge is 0.341 e. The van der Waals surface area contributed by atoms with Gasteiger partial charge in [-0.25, -0.2) is 4.79 Å². The highest BCUT2D eigenvalue weighted by atomic mass is 16.5. The molecule has 1 aromatic heterocycles. The molecule has 1 unspecified atom stereocenters. The van der Waals surface area contributed by atoms with Gasteiger partial charge in [-0.05, 0) is 26.0 Å². The minimum atomic E-state index is -1.21. The number of carboxylic acids is 1. The van der Waals surface area contributed by atoms with Crippen LogP contribution in [0.3, 0.4) is 0 Å². The fourth-order valence-corrected chi connectivity index (χ4v) is 2.57. The number of hydrogen-bond acceptors (Lipinski definition) is 3. The van der Waals surface area contributed by atoms with Crippen LogP contribution in [0.5, 0.6) is 5.75 Å². The first-order chi connectivity index (χ1) is 9.99. The van der Waals surface area contributed by atoms with Crippen LogP contribution >= 0.6 is 0 Å². The molecule has 0 amide bonds. The summed E-state index contributed by atoms with van der Waals surface area (Å²) in [6.45, 7) is 3.87. The molecule has 1 aliphatic rings. The lowest BCUT2D eigenvalue weighted by atomic mass is 10.1. The SMILES string of the molecule is CC1Oc2ccccc2-c2cc(=O)c(C(=O)O)cn2[C@H]1C. The maximum atomic E-state index is 12.0. The third-order valence-corrected chi connectivity index (χ3v) is 3.90. The van der Waals surface area contributed by atoms with E-state index in [1.54, 1.807) is 4.57 Å². The number of carbonyl (C=O) groups is 1. The number of pyridine rings is 1. The number of aromatic carboxylic acids is 1. The van der Waals surface area contributed by atoms with Crippen molar-refractivity contribution < 1.29 is 14.6 Å². The van der Waals surface area contributed by atoms with Crippen molar-refractivity contribution in [2.24, 2.45) is 0 Å². The molecule has 1 aromatic carbocycles. The normalized spacial score (nSPS) is 19.9. The zero-order valence-electron chi connectivity index (χ0n) is 11.7. The highest BCUT2D eigenvalue weighted by Crippen LogP contribution is 2.36. The van der Waals surface area contributed by atoms with Crippen LogP contribution in [-0.4, -0.2) is 21.7 Å². The third kappa shape index (κ3) is 2.11. The van der Waals surface area contributed by atoms with Gasteiger partial charge in [0.15, 0.2) is 5.43 Å². The predicted molar refractivity (Wildman–Crippen MR) is 77.9 cm³/mol. The lowest BCUT2D eigenvalue weighted by Crippen LogP contribution is -2.26. The summed E-state index contributed by atoms with van der Waals surface area (Å²) < 4.78 is 7.73. The Bertz CT molecular complexity index is 778. The summed E-state index contributed by atoms with van der Waals surface area (Å²) in [7, 11) is 0. The van der Waals surface area contributed by atoms with E-state index in [-0.39, 0.29) is 17.7 Å². The van der Waals surface area contributed by atoms with Gasteiger partial charge in [0.05, 0.1) is 11.7 Å². The molecule has 5 heteroatoms. The number of nitrogens with zero attached hydrogens (tertiary/aromatic N) is 1. The average Bonchev–Trinajstić information content (AvgIpc) is 2.55. The fraction of sp³-hybridized carbons (Fsp3) is 0.250. The number of fused-ring (bicyclic) bond motifs is 3. The Morgan fingerprint density at radius 2 is 2.00 bits per heavy atom. The van der Waals surface area contributed by atoms with Crippen LogP contribution in [0, 0.1) is 0 Å². The molecule has 5 nitrogen and oxygen atoms in total. The Labute approximate surface area is 121 Å². The van der Waals surface area contributed by atoms with Gasteiger partial charge in [-0.15, -0.1) is 0 Å². The molecule has 2 atom stereocenters. The summed E-state index contributed by atoms with van der Waals surface area (Å²) in [5.41, 5.74) is 0.752. The maximum Gasteiger partial charge on any atom is 0.341 e. The van der Waals surface area contributed by atoms with Gasteiger partial charge in [0.2, 0.25) is 0 Å². The van der Waals surface area contributed by atoms with Crippen molar-refractivity contribution in [3.05, 3.63) is 52.3 Å². The number of rotatable bonds is 1. The lowest BCUT2D eigenvalue weighted by Gasteiger charge is -2.22. The average molecular weight is 285 g/mol. The van der Waals surface area contributed by atoms with Crippen molar-refractivity contribution in [3.8, 4) is 17.0 Å². The zero-order chi connectivity index (χ0) is 15.1. The summed E-state index contributed by atoms with van der Waals surface area (Å²) in [4.78, 5) is 23.2. The van der Waals surface area contributed by atoms with Gasteiger partial charge in [-0.3, -0.25) is 4.79 Å². The molecule has 21 heavy (non-hydrogen) atoms. The molecule has 0 saturated heterocycles. The summed E-state index contributed by atoms with van der Waals surface area (Å²) in [6, 6.07) is 8.74. The highest BCUT2D eigenvalue weighted by molar-refractivity contribution is 5.87. The molecule has 2 heterocycles. The second kappa shape index (κ2) is 4.77. The standard InChI is InChI=1S/C16H15NO4/c1-9-10(2)21-15-6-4-3-5-11(15)13-7-14(18)12(16(19)20)8-17(9)13/h3-10H,1-2H3,(H,19,20)/t9-,10?/m0/s1. The van der Waals surface area contributed by atoms with Crippen molar-refractivity contribution in [2.45, 2.75) is 26.0 Å². The van der Waals surface area contributed by atoms with Crippen molar-refractivity contribution in [1.29, 1.82) is 0 Å². The number of hydrogen-bond donors (Lipinski definition) is 1. The lowest BCUT2D eigenvalue weighted by molar-refractivity contribution is 0.0693. The minimum Gasteiger partial charge on any atom is -0.488 e. The summed E-state index contributed by atoms with van der Waals surface area (Å²) in [5.74, 6) is -0.515. The highest BCUT2D eigenvalue weighted by Gasteiger charge is 2.26. The van der Waals surface area contributed by atoms with Gasteiger partial charge in [-0.2, -0.15) is 0 Å². The first-order valence-corrected chi connectivity index (χ1v) is 6.74. The molecule has 3 rings (SSSR count). The van der Waals surface area contributed by atoms with Gasteiger partial charge in [0, 0.05) is 17.8 Å². The van der Waals surface area contributed by atoms with Crippen molar-refractivity contribution in [3.63, 3.8) is 0 Å². The molecule has 1 aliphatic heterocycles. The summed E-state index contributed by atoms with van der Waals surface area (Å²) in [5, 5.41) is 9.14. The topological polar surface area (TPSA) is 68.5 Å². The summed E-state index contributed by atoms with van der Waals surface area (Å²) >= 11 is 0. The predicted octanol–water partition coefficient (Wildman–Crippen LogP) is 2.56. The van der Waals surface area contributed by atoms with Crippen LogP contribution in [0.25, 0.3) is 11.3 Å². The summed E-state index contributed by atoms with van der Waals surface area (Å²) in [6.07, 6.45) is 1.27. The maximum absolute atomic E-state index is 12.0. The van der Waals surface area contributed by atoms with E-state index in [9.17, 15) is 9.59 Å². The largest absolute Gasteiger partial charge is 0.488 e. The molecule has 0 aliphatic carbocycles. The Kier molecular flexibility index (Phi) is 3.05. The van der Waals surface area contributed by atoms with Gasteiger partial charge < -0.3 is 14.4 Å². The second-order valence-electron chi connectivity index (χ2n) is 5.21. The molecule has 1 N–H and O–H groups in total. The van der Waals surface area contributed by atoms with E-state index in [1.807, 2.05) is 38.1 Å². The van der Waals surface area contributed by atoms with Crippen LogP contribution < -0.4 is 10.2 Å². The number of para-hydroxylation sites is 1. The number of aromatic nitrogens is 1. The fourth-order valence-electron chi connectivity index (χ4n) is 2.57. The van der Waals surface area contributed by atoms with E-state index in [1.165, 1.54) is 12.3 Å². The monoisotopic (exact) mass is 285 g/mol. The van der Waals surface area contributed by atoms with Gasteiger partial charge in [0.1, 0.15) is 17.4 Å². The van der Waals surface area contributed by atoms with Crippen molar-refractivity contribution in [1.82, 2.24) is 4.57 Å². The van der Waals surface area contributed by atoms with Crippen LogP contribution in [0.15, 0.2) is 41.3 Å². The van der Waals surface area contributed by atoms with E-state index in [0.717, 1.165) is 5.56 Å². The number of carboxylic acid groups (broad SMARTS) is 1. The van der Waals surface area contributed by atoms with Crippen LogP contribution in [0.4, 0.5) is 0 Å². The van der Waals surface area contributed by atoms with Crippen molar-refractivity contribution in [2.75, 3.05) is 0 Å². The first-order valence-electron chi connectivity index (χ1n) is 6.74. The molecule has 108 valence electrons. The molecule has 0 fully saturated rings. The molecule has 2 aromatic rings. The molecule has 0 spiro atoms. The van der Waals surface area contributed by atoms with Crippen LogP contribution in [-0.2, 0) is 0 Å². The zero-order valence-corrected chi connectivity index (χ0v) is 11.7. The van der Waals surface area contributed by atoms with E-state index in [0.29, 0.717) is 11.4 Å². The Hall–Kier alpha value is -2.56. The van der Waals surface area contributed by atoms with Gasteiger partial charge in [0.25, 0.3) is 0 Å². The third-order valence-electron chi connectivity index (χ3n) is 3.90. The molecular weight excluding hydrogens is 270 g/mol. The Morgan fingerprint density at radius 3 is 2.71 bits per heavy atom. The van der Waals surface area contributed by atoms with Crippen molar-refractivity contribution >= 4 is 5.97 Å². The Balaban J connectivity index is 2.35. The second-order valence-corrected chi connectivity index (χ2v) is 5.21. The van der Waals surface area contributed by atoms with E-state index in [2.05, 4.69) is 0 Å². The number of ether oxygens (including phenoxy) is 1. The van der Waals surface area contributed by atoms with Gasteiger partial charge >= 0.3 is 5.97 Å². The van der Waals surface area contributed by atoms with Crippen LogP contribution in [0.2, 0.25) is 0 Å². The molecule has 0 radical (unpaired) electrons. The molecular formula is C16H15NO4. The first kappa shape index (κ1) is 13.4. The van der Waals surface area contributed by atoms with E-state index < -0.39 is 11.4 Å². The quantitative estimate of drug-likeness (QED) is 0.874. The molecule has 0 saturated carbocycles. The van der Waals surface area contributed by atoms with Crippen LogP contribution in [0.1, 0.15) is 30.2 Å². The number of benzene rings is 1. The Morgan fingerprint density at radius 1 is 1.29 bits per heavy atom. The van der Waals surface area contributed by atoms with E-state index >= 15 is 0 Å².